The van der Waals surface area contributed by atoms with Crippen LogP contribution in [-0.4, -0.2) is 25.4 Å². The molecule has 3 rings (SSSR count). The van der Waals surface area contributed by atoms with Crippen LogP contribution in [0.15, 0.2) is 91.0 Å². The van der Waals surface area contributed by atoms with E-state index in [-0.39, 0.29) is 0 Å². The third-order valence-corrected chi connectivity index (χ3v) is 5.24. The first kappa shape index (κ1) is 25.5. The highest BCUT2D eigenvalue weighted by Gasteiger charge is 2.02. The van der Waals surface area contributed by atoms with E-state index in [4.69, 9.17) is 14.2 Å². The van der Waals surface area contributed by atoms with Gasteiger partial charge in [0.05, 0.1) is 18.9 Å². The van der Waals surface area contributed by atoms with Gasteiger partial charge in [-0.15, -0.1) is 0 Å². The first-order valence-electron chi connectivity index (χ1n) is 11.6. The third-order valence-electron chi connectivity index (χ3n) is 5.24. The van der Waals surface area contributed by atoms with Crippen molar-refractivity contribution in [1.82, 2.24) is 0 Å². The molecule has 0 N–H and O–H groups in total. The summed E-state index contributed by atoms with van der Waals surface area (Å²) in [5.74, 6) is 1.21. The molecule has 0 saturated carbocycles. The van der Waals surface area contributed by atoms with Crippen LogP contribution in [0.3, 0.4) is 0 Å². The summed E-state index contributed by atoms with van der Waals surface area (Å²) >= 11 is 0. The van der Waals surface area contributed by atoms with E-state index >= 15 is 0 Å². The number of benzene rings is 3. The fourth-order valence-corrected chi connectivity index (χ4v) is 3.20. The van der Waals surface area contributed by atoms with Crippen LogP contribution in [0.4, 0.5) is 5.69 Å². The fraction of sp³-hybridized carbons (Fsp3) is 0.200. The van der Waals surface area contributed by atoms with Crippen LogP contribution in [0, 0.1) is 6.92 Å². The van der Waals surface area contributed by atoms with Crippen LogP contribution < -0.4 is 9.47 Å². The number of ether oxygens (including phenoxy) is 3. The van der Waals surface area contributed by atoms with Crippen molar-refractivity contribution in [2.24, 2.45) is 4.99 Å². The predicted octanol–water partition coefficient (Wildman–Crippen LogP) is 6.86. The molecule has 0 aliphatic rings. The molecular formula is C30H31NO4. The molecule has 0 aliphatic heterocycles. The Kier molecular flexibility index (Phi) is 9.88. The van der Waals surface area contributed by atoms with E-state index in [2.05, 4.69) is 18.2 Å². The lowest BCUT2D eigenvalue weighted by Gasteiger charge is -2.08. The van der Waals surface area contributed by atoms with Gasteiger partial charge in [0.25, 0.3) is 0 Å². The molecule has 35 heavy (non-hydrogen) atoms. The van der Waals surface area contributed by atoms with Crippen molar-refractivity contribution in [1.29, 1.82) is 0 Å². The number of carbonyl (C=O) groups excluding carboxylic acids is 1. The zero-order chi connectivity index (χ0) is 24.9. The molecule has 0 bridgehead atoms. The lowest BCUT2D eigenvalue weighted by atomic mass is 10.1. The summed E-state index contributed by atoms with van der Waals surface area (Å²) < 4.78 is 16.6. The second-order valence-corrected chi connectivity index (χ2v) is 7.94. The Hall–Kier alpha value is -4.12. The summed E-state index contributed by atoms with van der Waals surface area (Å²) in [6, 6.07) is 21.8. The minimum atomic E-state index is -0.396. The van der Waals surface area contributed by atoms with E-state index < -0.39 is 5.97 Å². The summed E-state index contributed by atoms with van der Waals surface area (Å²) in [7, 11) is 0. The number of unbranched alkanes of at least 4 members (excludes halogenated alkanes) is 1. The Morgan fingerprint density at radius 3 is 2.23 bits per heavy atom. The van der Waals surface area contributed by atoms with E-state index in [1.165, 1.54) is 6.08 Å². The molecule has 0 atom stereocenters. The van der Waals surface area contributed by atoms with Gasteiger partial charge in [-0.1, -0.05) is 43.5 Å². The number of aliphatic imine (C=N–C) groups is 1. The van der Waals surface area contributed by atoms with Crippen molar-refractivity contribution in [3.05, 3.63) is 108 Å². The molecular weight excluding hydrogens is 438 g/mol. The van der Waals surface area contributed by atoms with Gasteiger partial charge in [0.1, 0.15) is 18.1 Å². The van der Waals surface area contributed by atoms with Crippen molar-refractivity contribution in [2.75, 3.05) is 13.2 Å². The van der Waals surface area contributed by atoms with Gasteiger partial charge in [0.15, 0.2) is 0 Å². The molecule has 0 aromatic heterocycles. The lowest BCUT2D eigenvalue weighted by molar-refractivity contribution is -0.137. The van der Waals surface area contributed by atoms with Crippen molar-refractivity contribution in [2.45, 2.75) is 26.4 Å². The number of esters is 1. The summed E-state index contributed by atoms with van der Waals surface area (Å²) in [5.41, 5.74) is 5.11. The minimum absolute atomic E-state index is 0.373. The summed E-state index contributed by atoms with van der Waals surface area (Å²) in [6.07, 6.45) is 6.37. The normalized spacial score (nSPS) is 10.7. The van der Waals surface area contributed by atoms with Crippen molar-refractivity contribution < 1.29 is 19.0 Å². The number of nitrogens with zero attached hydrogens (tertiary/aromatic N) is 1. The van der Waals surface area contributed by atoms with Crippen molar-refractivity contribution in [3.63, 3.8) is 0 Å². The fourth-order valence-electron chi connectivity index (χ4n) is 3.20. The largest absolute Gasteiger partial charge is 0.494 e. The molecule has 0 saturated heterocycles. The maximum Gasteiger partial charge on any atom is 0.330 e. The molecule has 0 heterocycles. The van der Waals surface area contributed by atoms with Crippen LogP contribution >= 0.6 is 0 Å². The molecule has 5 nitrogen and oxygen atoms in total. The smallest absolute Gasteiger partial charge is 0.330 e. The van der Waals surface area contributed by atoms with Crippen LogP contribution in [0.5, 0.6) is 11.5 Å². The van der Waals surface area contributed by atoms with Gasteiger partial charge in [-0.2, -0.15) is 0 Å². The maximum absolute atomic E-state index is 11.0. The number of hydrogen-bond acceptors (Lipinski definition) is 5. The van der Waals surface area contributed by atoms with Crippen LogP contribution in [0.2, 0.25) is 0 Å². The first-order valence-corrected chi connectivity index (χ1v) is 11.6. The Balaban J connectivity index is 1.45. The van der Waals surface area contributed by atoms with E-state index in [1.54, 1.807) is 0 Å². The monoisotopic (exact) mass is 469 g/mol. The second kappa shape index (κ2) is 13.6. The molecule has 3 aromatic rings. The van der Waals surface area contributed by atoms with Gasteiger partial charge in [-0.05, 0) is 84.5 Å². The highest BCUT2D eigenvalue weighted by Crippen LogP contribution is 2.24. The highest BCUT2D eigenvalue weighted by molar-refractivity contribution is 5.82. The quantitative estimate of drug-likeness (QED) is 0.119. The van der Waals surface area contributed by atoms with Gasteiger partial charge in [0.2, 0.25) is 0 Å². The van der Waals surface area contributed by atoms with Gasteiger partial charge < -0.3 is 14.2 Å². The Labute approximate surface area is 207 Å². The minimum Gasteiger partial charge on any atom is -0.494 e. The van der Waals surface area contributed by atoms with Crippen molar-refractivity contribution >= 4 is 23.9 Å². The zero-order valence-corrected chi connectivity index (χ0v) is 20.1. The average molecular weight is 470 g/mol. The Morgan fingerprint density at radius 1 is 0.857 bits per heavy atom. The van der Waals surface area contributed by atoms with Gasteiger partial charge in [-0.25, -0.2) is 4.79 Å². The second-order valence-electron chi connectivity index (χ2n) is 7.94. The first-order chi connectivity index (χ1) is 17.1. The lowest BCUT2D eigenvalue weighted by Crippen LogP contribution is -2.04. The van der Waals surface area contributed by atoms with Crippen LogP contribution in [0.25, 0.3) is 6.08 Å². The molecule has 0 unspecified atom stereocenters. The van der Waals surface area contributed by atoms with Gasteiger partial charge in [-0.3, -0.25) is 4.99 Å². The van der Waals surface area contributed by atoms with E-state index in [1.807, 2.05) is 85.9 Å². The van der Waals surface area contributed by atoms with E-state index in [9.17, 15) is 4.79 Å². The molecule has 0 aliphatic carbocycles. The summed E-state index contributed by atoms with van der Waals surface area (Å²) in [5, 5.41) is 0. The number of aryl methyl sites for hydroxylation is 1. The van der Waals surface area contributed by atoms with Gasteiger partial charge in [0, 0.05) is 12.3 Å². The number of carbonyl (C=O) groups is 1. The standard InChI is InChI=1S/C30H31NO4/c1-4-24-8-10-26(11-9-24)22-35-27-14-12-25(13-15-27)21-31-29-17-16-28(20-23(29)3)33-18-6-7-19-34-30(32)5-2/h4-5,8-17,20-21H,1-2,6-7,18-19,22H2,3H3/b31-21+. The topological polar surface area (TPSA) is 57.1 Å². The molecule has 0 radical (unpaired) electrons. The molecule has 0 spiro atoms. The molecule has 0 fully saturated rings. The summed E-state index contributed by atoms with van der Waals surface area (Å²) in [4.78, 5) is 15.6. The van der Waals surface area contributed by atoms with E-state index in [0.29, 0.717) is 19.8 Å². The number of hydrogen-bond donors (Lipinski definition) is 0. The van der Waals surface area contributed by atoms with E-state index in [0.717, 1.165) is 52.3 Å². The Bertz CT molecular complexity index is 1150. The summed E-state index contributed by atoms with van der Waals surface area (Å²) in [6.45, 7) is 10.6. The predicted molar refractivity (Wildman–Crippen MR) is 142 cm³/mol. The zero-order valence-electron chi connectivity index (χ0n) is 20.1. The van der Waals surface area contributed by atoms with Crippen LogP contribution in [0.1, 0.15) is 35.1 Å². The van der Waals surface area contributed by atoms with Crippen molar-refractivity contribution in [3.8, 4) is 11.5 Å². The average Bonchev–Trinajstić information content (AvgIpc) is 2.89. The molecule has 3 aromatic carbocycles. The van der Waals surface area contributed by atoms with Crippen LogP contribution in [-0.2, 0) is 16.1 Å². The highest BCUT2D eigenvalue weighted by atomic mass is 16.5. The molecule has 5 heteroatoms. The van der Waals surface area contributed by atoms with Gasteiger partial charge >= 0.3 is 5.97 Å². The molecule has 0 amide bonds. The maximum atomic E-state index is 11.0. The third kappa shape index (κ3) is 8.63. The molecule has 180 valence electrons. The Morgan fingerprint density at radius 2 is 1.54 bits per heavy atom. The SMILES string of the molecule is C=CC(=O)OCCCCOc1ccc(/N=C/c2ccc(OCc3ccc(C=C)cc3)cc2)c(C)c1. The number of rotatable bonds is 13.